The third-order valence-corrected chi connectivity index (χ3v) is 4.40. The van der Waals surface area contributed by atoms with Gasteiger partial charge in [-0.1, -0.05) is 13.0 Å². The third kappa shape index (κ3) is 2.94. The molecular weight excluding hydrogens is 268 g/mol. The number of para-hydroxylation sites is 1. The molecule has 2 heterocycles. The quantitative estimate of drug-likeness (QED) is 0.907. The number of anilines is 1. The van der Waals surface area contributed by atoms with E-state index < -0.39 is 0 Å². The molecule has 3 rings (SSSR count). The molecule has 1 unspecified atom stereocenters. The van der Waals surface area contributed by atoms with Gasteiger partial charge in [-0.15, -0.1) is 0 Å². The van der Waals surface area contributed by atoms with Gasteiger partial charge in [0.2, 0.25) is 0 Å². The highest BCUT2D eigenvalue weighted by Gasteiger charge is 2.25. The number of fused-ring (bicyclic) bond motifs is 1. The minimum Gasteiger partial charge on any atom is -0.486 e. The molecule has 1 saturated heterocycles. The number of nitrogens with zero attached hydrogens (tertiary/aromatic N) is 2. The lowest BCUT2D eigenvalue weighted by Gasteiger charge is -2.40. The summed E-state index contributed by atoms with van der Waals surface area (Å²) in [4.78, 5) is 4.73. The second-order valence-electron chi connectivity index (χ2n) is 5.57. The number of aliphatic hydroxyl groups excluding tert-OH is 1. The van der Waals surface area contributed by atoms with Crippen molar-refractivity contribution in [3.8, 4) is 11.5 Å². The lowest BCUT2D eigenvalue weighted by atomic mass is 10.1. The normalized spacial score (nSPS) is 20.4. The molecule has 1 aromatic carbocycles. The predicted molar refractivity (Wildman–Crippen MR) is 82.4 cm³/mol. The lowest BCUT2D eigenvalue weighted by molar-refractivity contribution is 0.113. The molecule has 0 aliphatic carbocycles. The van der Waals surface area contributed by atoms with E-state index in [1.165, 1.54) is 0 Å². The minimum absolute atomic E-state index is 0.244. The Balaban J connectivity index is 1.70. The van der Waals surface area contributed by atoms with Gasteiger partial charge in [-0.05, 0) is 18.6 Å². The number of benzene rings is 1. The summed E-state index contributed by atoms with van der Waals surface area (Å²) in [7, 11) is 0. The molecule has 0 radical (unpaired) electrons. The first-order chi connectivity index (χ1) is 10.3. The van der Waals surface area contributed by atoms with Crippen LogP contribution in [0.3, 0.4) is 0 Å². The van der Waals surface area contributed by atoms with Gasteiger partial charge < -0.3 is 19.5 Å². The van der Waals surface area contributed by atoms with Crippen molar-refractivity contribution in [3.05, 3.63) is 18.2 Å². The van der Waals surface area contributed by atoms with Gasteiger partial charge in [0.25, 0.3) is 0 Å². The van der Waals surface area contributed by atoms with Crippen molar-refractivity contribution >= 4 is 5.69 Å². The molecule has 0 bridgehead atoms. The van der Waals surface area contributed by atoms with Crippen LogP contribution < -0.4 is 14.4 Å². The van der Waals surface area contributed by atoms with Crippen molar-refractivity contribution in [3.63, 3.8) is 0 Å². The van der Waals surface area contributed by atoms with E-state index in [9.17, 15) is 5.11 Å². The minimum atomic E-state index is 0.244. The van der Waals surface area contributed by atoms with Crippen LogP contribution in [0.2, 0.25) is 0 Å². The van der Waals surface area contributed by atoms with Crippen LogP contribution in [-0.2, 0) is 0 Å². The molecule has 1 fully saturated rings. The van der Waals surface area contributed by atoms with E-state index in [4.69, 9.17) is 9.47 Å². The van der Waals surface area contributed by atoms with Crippen LogP contribution in [0.25, 0.3) is 0 Å². The van der Waals surface area contributed by atoms with E-state index in [1.807, 2.05) is 12.1 Å². The van der Waals surface area contributed by atoms with Gasteiger partial charge in [0.1, 0.15) is 13.2 Å². The van der Waals surface area contributed by atoms with E-state index >= 15 is 0 Å². The summed E-state index contributed by atoms with van der Waals surface area (Å²) >= 11 is 0. The SMILES string of the molecule is CCC(CO)N1CCN(c2cccc3c2OCCO3)CC1. The van der Waals surface area contributed by atoms with Gasteiger partial charge in [-0.3, -0.25) is 4.90 Å². The molecule has 5 nitrogen and oxygen atoms in total. The lowest BCUT2D eigenvalue weighted by Crippen LogP contribution is -2.51. The fourth-order valence-electron chi connectivity index (χ4n) is 3.14. The summed E-state index contributed by atoms with van der Waals surface area (Å²) in [6.45, 7) is 7.48. The Morgan fingerprint density at radius 2 is 1.90 bits per heavy atom. The summed E-state index contributed by atoms with van der Waals surface area (Å²) < 4.78 is 11.5. The Bertz CT molecular complexity index is 469. The van der Waals surface area contributed by atoms with Gasteiger partial charge in [-0.25, -0.2) is 0 Å². The maximum Gasteiger partial charge on any atom is 0.184 e. The largest absolute Gasteiger partial charge is 0.486 e. The zero-order valence-corrected chi connectivity index (χ0v) is 12.6. The molecule has 116 valence electrons. The highest BCUT2D eigenvalue weighted by atomic mass is 16.6. The summed E-state index contributed by atoms with van der Waals surface area (Å²) in [6, 6.07) is 6.38. The second kappa shape index (κ2) is 6.54. The van der Waals surface area contributed by atoms with Crippen molar-refractivity contribution in [2.24, 2.45) is 0 Å². The number of hydrogen-bond acceptors (Lipinski definition) is 5. The molecular formula is C16H24N2O3. The summed E-state index contributed by atoms with van der Waals surface area (Å²) in [5, 5.41) is 9.43. The number of rotatable bonds is 4. The molecule has 21 heavy (non-hydrogen) atoms. The van der Waals surface area contributed by atoms with Gasteiger partial charge >= 0.3 is 0 Å². The van der Waals surface area contributed by atoms with Crippen molar-refractivity contribution in [2.75, 3.05) is 50.9 Å². The first kappa shape index (κ1) is 14.5. The number of ether oxygens (including phenoxy) is 2. The van der Waals surface area contributed by atoms with E-state index in [2.05, 4.69) is 22.8 Å². The van der Waals surface area contributed by atoms with Crippen LogP contribution >= 0.6 is 0 Å². The van der Waals surface area contributed by atoms with E-state index in [-0.39, 0.29) is 12.6 Å². The smallest absolute Gasteiger partial charge is 0.184 e. The van der Waals surface area contributed by atoms with Crippen LogP contribution in [0, 0.1) is 0 Å². The van der Waals surface area contributed by atoms with Gasteiger partial charge in [-0.2, -0.15) is 0 Å². The number of hydrogen-bond donors (Lipinski definition) is 1. The molecule has 0 saturated carbocycles. The molecule has 0 amide bonds. The summed E-state index contributed by atoms with van der Waals surface area (Å²) in [5.74, 6) is 1.73. The molecule has 1 aromatic rings. The standard InChI is InChI=1S/C16H24N2O3/c1-2-13(12-19)17-6-8-18(9-7-17)14-4-3-5-15-16(14)21-11-10-20-15/h3-5,13,19H,2,6-12H2,1H3. The average Bonchev–Trinajstić information content (AvgIpc) is 2.56. The molecule has 0 spiro atoms. The van der Waals surface area contributed by atoms with Gasteiger partial charge in [0, 0.05) is 32.2 Å². The molecule has 1 atom stereocenters. The van der Waals surface area contributed by atoms with Crippen molar-refractivity contribution in [1.82, 2.24) is 4.90 Å². The molecule has 2 aliphatic heterocycles. The van der Waals surface area contributed by atoms with E-state index in [1.54, 1.807) is 0 Å². The van der Waals surface area contributed by atoms with Crippen LogP contribution in [0.5, 0.6) is 11.5 Å². The fourth-order valence-corrected chi connectivity index (χ4v) is 3.14. The number of piperazine rings is 1. The zero-order chi connectivity index (χ0) is 14.7. The molecule has 0 aromatic heterocycles. The second-order valence-corrected chi connectivity index (χ2v) is 5.57. The van der Waals surface area contributed by atoms with E-state index in [0.717, 1.165) is 49.8 Å². The Morgan fingerprint density at radius 3 is 2.62 bits per heavy atom. The Morgan fingerprint density at radius 1 is 1.14 bits per heavy atom. The monoisotopic (exact) mass is 292 g/mol. The van der Waals surface area contributed by atoms with Gasteiger partial charge in [0.05, 0.1) is 12.3 Å². The van der Waals surface area contributed by atoms with Crippen molar-refractivity contribution < 1.29 is 14.6 Å². The summed E-state index contributed by atoms with van der Waals surface area (Å²) in [6.07, 6.45) is 0.994. The highest BCUT2D eigenvalue weighted by molar-refractivity contribution is 5.65. The zero-order valence-electron chi connectivity index (χ0n) is 12.6. The average molecular weight is 292 g/mol. The van der Waals surface area contributed by atoms with Crippen LogP contribution in [0.4, 0.5) is 5.69 Å². The predicted octanol–water partition coefficient (Wildman–Crippen LogP) is 1.35. The van der Waals surface area contributed by atoms with E-state index in [0.29, 0.717) is 13.2 Å². The topological polar surface area (TPSA) is 45.2 Å². The third-order valence-electron chi connectivity index (χ3n) is 4.40. The van der Waals surface area contributed by atoms with Gasteiger partial charge in [0.15, 0.2) is 11.5 Å². The Hall–Kier alpha value is -1.46. The van der Waals surface area contributed by atoms with Crippen LogP contribution in [0.15, 0.2) is 18.2 Å². The first-order valence-electron chi connectivity index (χ1n) is 7.82. The maximum atomic E-state index is 9.43. The Kier molecular flexibility index (Phi) is 4.51. The van der Waals surface area contributed by atoms with Crippen molar-refractivity contribution in [1.29, 1.82) is 0 Å². The first-order valence-corrected chi connectivity index (χ1v) is 7.82. The fraction of sp³-hybridized carbons (Fsp3) is 0.625. The molecule has 5 heteroatoms. The highest BCUT2D eigenvalue weighted by Crippen LogP contribution is 2.39. The summed E-state index contributed by atoms with van der Waals surface area (Å²) in [5.41, 5.74) is 1.13. The number of aliphatic hydroxyl groups is 1. The Labute approximate surface area is 126 Å². The maximum absolute atomic E-state index is 9.43. The molecule has 1 N–H and O–H groups in total. The van der Waals surface area contributed by atoms with Crippen LogP contribution in [-0.4, -0.2) is 62.0 Å². The molecule has 2 aliphatic rings. The van der Waals surface area contributed by atoms with Crippen molar-refractivity contribution in [2.45, 2.75) is 19.4 Å². The van der Waals surface area contributed by atoms with Crippen LogP contribution in [0.1, 0.15) is 13.3 Å².